The molecule has 0 aromatic heterocycles. The molecule has 0 fully saturated rings. The molecule has 2 aromatic rings. The number of hydrogen-bond acceptors (Lipinski definition) is 3. The molecule has 116 valence electrons. The van der Waals surface area contributed by atoms with Crippen LogP contribution in [0.15, 0.2) is 54.6 Å². The van der Waals surface area contributed by atoms with Gasteiger partial charge in [0.05, 0.1) is 18.7 Å². The van der Waals surface area contributed by atoms with E-state index >= 15 is 0 Å². The van der Waals surface area contributed by atoms with Crippen molar-refractivity contribution in [1.82, 2.24) is 0 Å². The van der Waals surface area contributed by atoms with Crippen LogP contribution in [0.5, 0.6) is 5.75 Å². The van der Waals surface area contributed by atoms with E-state index in [0.29, 0.717) is 37.7 Å². The predicted molar refractivity (Wildman–Crippen MR) is 87.2 cm³/mol. The van der Waals surface area contributed by atoms with Gasteiger partial charge in [0.2, 0.25) is 5.91 Å². The third-order valence-electron chi connectivity index (χ3n) is 3.06. The smallest absolute Gasteiger partial charge is 0.228 e. The molecule has 0 aliphatic carbocycles. The van der Waals surface area contributed by atoms with Crippen molar-refractivity contribution in [3.05, 3.63) is 60.2 Å². The molecule has 2 aromatic carbocycles. The number of carbonyl (C=O) groups excluding carboxylic acids is 1. The number of ether oxygens (including phenoxy) is 2. The van der Waals surface area contributed by atoms with E-state index in [1.54, 1.807) is 0 Å². The third kappa shape index (κ3) is 5.22. The highest BCUT2D eigenvalue weighted by Gasteiger charge is 2.08. The molecule has 0 spiro atoms. The summed E-state index contributed by atoms with van der Waals surface area (Å²) in [6, 6.07) is 17.1. The van der Waals surface area contributed by atoms with Crippen LogP contribution in [0.1, 0.15) is 12.5 Å². The first-order valence-electron chi connectivity index (χ1n) is 7.43. The molecule has 0 radical (unpaired) electrons. The minimum Gasteiger partial charge on any atom is -0.489 e. The van der Waals surface area contributed by atoms with Gasteiger partial charge in [0.25, 0.3) is 0 Å². The number of hydrogen-bond donors (Lipinski definition) is 1. The molecule has 1 amide bonds. The second-order valence-electron chi connectivity index (χ2n) is 4.75. The number of nitrogens with one attached hydrogen (secondary N) is 1. The Morgan fingerprint density at radius 3 is 2.50 bits per heavy atom. The summed E-state index contributed by atoms with van der Waals surface area (Å²) in [6.07, 6.45) is 0.341. The Kier molecular flexibility index (Phi) is 6.45. The van der Waals surface area contributed by atoms with Gasteiger partial charge >= 0.3 is 0 Å². The van der Waals surface area contributed by atoms with Gasteiger partial charge in [0, 0.05) is 6.61 Å². The lowest BCUT2D eigenvalue weighted by Gasteiger charge is -2.12. The molecule has 0 aliphatic rings. The van der Waals surface area contributed by atoms with Crippen molar-refractivity contribution in [3.63, 3.8) is 0 Å². The van der Waals surface area contributed by atoms with E-state index in [1.165, 1.54) is 0 Å². The summed E-state index contributed by atoms with van der Waals surface area (Å²) in [7, 11) is 0. The molecule has 4 heteroatoms. The van der Waals surface area contributed by atoms with Gasteiger partial charge in [-0.15, -0.1) is 0 Å². The molecule has 0 unspecified atom stereocenters. The molecule has 0 bridgehead atoms. The molecule has 4 nitrogen and oxygen atoms in total. The Hall–Kier alpha value is -2.33. The minimum absolute atomic E-state index is 0.0629. The Morgan fingerprint density at radius 2 is 1.73 bits per heavy atom. The third-order valence-corrected chi connectivity index (χ3v) is 3.06. The Bertz CT molecular complexity index is 584. The summed E-state index contributed by atoms with van der Waals surface area (Å²) in [4.78, 5) is 12.1. The van der Waals surface area contributed by atoms with Crippen molar-refractivity contribution in [2.24, 2.45) is 0 Å². The van der Waals surface area contributed by atoms with E-state index in [1.807, 2.05) is 61.5 Å². The van der Waals surface area contributed by atoms with Crippen molar-refractivity contribution >= 4 is 11.6 Å². The zero-order chi connectivity index (χ0) is 15.6. The van der Waals surface area contributed by atoms with Gasteiger partial charge in [-0.3, -0.25) is 4.79 Å². The fraction of sp³-hybridized carbons (Fsp3) is 0.278. The summed E-state index contributed by atoms with van der Waals surface area (Å²) < 4.78 is 10.9. The fourth-order valence-electron chi connectivity index (χ4n) is 2.03. The molecular weight excluding hydrogens is 278 g/mol. The summed E-state index contributed by atoms with van der Waals surface area (Å²) in [6.45, 7) is 3.60. The maximum Gasteiger partial charge on any atom is 0.228 e. The topological polar surface area (TPSA) is 47.6 Å². The second kappa shape index (κ2) is 8.85. The van der Waals surface area contributed by atoms with Crippen LogP contribution < -0.4 is 10.1 Å². The number of rotatable bonds is 8. The van der Waals surface area contributed by atoms with Crippen molar-refractivity contribution in [2.45, 2.75) is 13.3 Å². The van der Waals surface area contributed by atoms with Crippen molar-refractivity contribution in [2.75, 3.05) is 25.1 Å². The maximum atomic E-state index is 12.1. The van der Waals surface area contributed by atoms with E-state index in [-0.39, 0.29) is 5.91 Å². The van der Waals surface area contributed by atoms with E-state index in [0.717, 1.165) is 5.56 Å². The van der Waals surface area contributed by atoms with Crippen molar-refractivity contribution < 1.29 is 14.3 Å². The first-order valence-corrected chi connectivity index (χ1v) is 7.43. The summed E-state index contributed by atoms with van der Waals surface area (Å²) in [5.74, 6) is 0.593. The van der Waals surface area contributed by atoms with Crippen LogP contribution in [0.4, 0.5) is 5.69 Å². The van der Waals surface area contributed by atoms with Gasteiger partial charge in [-0.05, 0) is 24.6 Å². The Morgan fingerprint density at radius 1 is 1.00 bits per heavy atom. The largest absolute Gasteiger partial charge is 0.489 e. The summed E-state index contributed by atoms with van der Waals surface area (Å²) >= 11 is 0. The highest BCUT2D eigenvalue weighted by atomic mass is 16.5. The highest BCUT2D eigenvalue weighted by molar-refractivity contribution is 5.93. The number of benzene rings is 2. The molecule has 1 N–H and O–H groups in total. The van der Waals surface area contributed by atoms with Crippen molar-refractivity contribution in [1.29, 1.82) is 0 Å². The lowest BCUT2D eigenvalue weighted by molar-refractivity contribution is -0.115. The lowest BCUT2D eigenvalue weighted by Crippen LogP contribution is -2.15. The van der Waals surface area contributed by atoms with Gasteiger partial charge in [-0.25, -0.2) is 0 Å². The second-order valence-corrected chi connectivity index (χ2v) is 4.75. The maximum absolute atomic E-state index is 12.1. The molecule has 0 aliphatic heterocycles. The molecule has 0 saturated carbocycles. The van der Waals surface area contributed by atoms with E-state index in [4.69, 9.17) is 9.47 Å². The summed E-state index contributed by atoms with van der Waals surface area (Å²) in [5.41, 5.74) is 1.66. The van der Waals surface area contributed by atoms with Crippen LogP contribution in [0, 0.1) is 0 Å². The first kappa shape index (κ1) is 16.0. The van der Waals surface area contributed by atoms with Crippen LogP contribution in [0.2, 0.25) is 0 Å². The van der Waals surface area contributed by atoms with Crippen LogP contribution in [-0.4, -0.2) is 25.7 Å². The molecule has 22 heavy (non-hydrogen) atoms. The number of amides is 1. The average Bonchev–Trinajstić information content (AvgIpc) is 2.54. The zero-order valence-electron chi connectivity index (χ0n) is 12.7. The van der Waals surface area contributed by atoms with Crippen LogP contribution in [-0.2, 0) is 16.0 Å². The Labute approximate surface area is 131 Å². The SMILES string of the molecule is CCOCCOc1ccccc1NC(=O)Cc1ccccc1. The van der Waals surface area contributed by atoms with Crippen LogP contribution >= 0.6 is 0 Å². The standard InChI is InChI=1S/C18H21NO3/c1-2-21-12-13-22-17-11-7-6-10-16(17)19-18(20)14-15-8-4-3-5-9-15/h3-11H,2,12-14H2,1H3,(H,19,20). The van der Waals surface area contributed by atoms with E-state index in [9.17, 15) is 4.79 Å². The first-order chi connectivity index (χ1) is 10.8. The monoisotopic (exact) mass is 299 g/mol. The van der Waals surface area contributed by atoms with Gasteiger partial charge in [0.1, 0.15) is 12.4 Å². The number of carbonyl (C=O) groups is 1. The lowest BCUT2D eigenvalue weighted by atomic mass is 10.1. The minimum atomic E-state index is -0.0629. The van der Waals surface area contributed by atoms with Gasteiger partial charge in [-0.2, -0.15) is 0 Å². The van der Waals surface area contributed by atoms with Crippen LogP contribution in [0.3, 0.4) is 0 Å². The van der Waals surface area contributed by atoms with Gasteiger partial charge in [-0.1, -0.05) is 42.5 Å². The van der Waals surface area contributed by atoms with Gasteiger partial charge < -0.3 is 14.8 Å². The molecular formula is C18H21NO3. The van der Waals surface area contributed by atoms with Crippen molar-refractivity contribution in [3.8, 4) is 5.75 Å². The Balaban J connectivity index is 1.92. The number of para-hydroxylation sites is 2. The van der Waals surface area contributed by atoms with Crippen LogP contribution in [0.25, 0.3) is 0 Å². The number of anilines is 1. The quantitative estimate of drug-likeness (QED) is 0.761. The highest BCUT2D eigenvalue weighted by Crippen LogP contribution is 2.23. The normalized spacial score (nSPS) is 10.2. The molecule has 2 rings (SSSR count). The molecule has 0 saturated heterocycles. The average molecular weight is 299 g/mol. The van der Waals surface area contributed by atoms with E-state index < -0.39 is 0 Å². The predicted octanol–water partition coefficient (Wildman–Crippen LogP) is 3.28. The fourth-order valence-corrected chi connectivity index (χ4v) is 2.03. The molecule has 0 atom stereocenters. The van der Waals surface area contributed by atoms with E-state index in [2.05, 4.69) is 5.32 Å². The summed E-state index contributed by atoms with van der Waals surface area (Å²) in [5, 5.41) is 2.90. The molecule has 0 heterocycles. The zero-order valence-corrected chi connectivity index (χ0v) is 12.7. The van der Waals surface area contributed by atoms with Gasteiger partial charge in [0.15, 0.2) is 0 Å².